The summed E-state index contributed by atoms with van der Waals surface area (Å²) in [7, 11) is 1.88. The first kappa shape index (κ1) is 11.2. The quantitative estimate of drug-likeness (QED) is 0.793. The Morgan fingerprint density at radius 1 is 1.69 bits per heavy atom. The molecule has 88 valence electrons. The molecule has 0 spiro atoms. The lowest BCUT2D eigenvalue weighted by atomic mass is 10.1. The summed E-state index contributed by atoms with van der Waals surface area (Å²) in [5.74, 6) is 0.0190. The fourth-order valence-electron chi connectivity index (χ4n) is 2.15. The molecule has 1 saturated heterocycles. The van der Waals surface area contributed by atoms with Crippen molar-refractivity contribution in [1.82, 2.24) is 15.2 Å². The van der Waals surface area contributed by atoms with Gasteiger partial charge in [0.25, 0.3) is 5.91 Å². The number of amides is 1. The number of hydrogen-bond donors (Lipinski definition) is 2. The number of rotatable bonds is 4. The number of carbonyl (C=O) groups excluding carboxylic acids is 1. The molecule has 0 radical (unpaired) electrons. The summed E-state index contributed by atoms with van der Waals surface area (Å²) in [6.45, 7) is 1.87. The van der Waals surface area contributed by atoms with Gasteiger partial charge in [-0.05, 0) is 37.9 Å². The molecule has 0 aliphatic carbocycles. The highest BCUT2D eigenvalue weighted by atomic mass is 16.1. The first-order chi connectivity index (χ1) is 7.77. The van der Waals surface area contributed by atoms with Crippen LogP contribution in [0.15, 0.2) is 18.3 Å². The van der Waals surface area contributed by atoms with Crippen molar-refractivity contribution in [3.63, 3.8) is 0 Å². The van der Waals surface area contributed by atoms with Gasteiger partial charge in [0.15, 0.2) is 0 Å². The van der Waals surface area contributed by atoms with Crippen molar-refractivity contribution in [2.75, 3.05) is 13.1 Å². The van der Waals surface area contributed by atoms with Gasteiger partial charge in [-0.1, -0.05) is 0 Å². The lowest BCUT2D eigenvalue weighted by Gasteiger charge is -2.10. The van der Waals surface area contributed by atoms with E-state index in [1.165, 1.54) is 12.8 Å². The lowest BCUT2D eigenvalue weighted by Crippen LogP contribution is -2.31. The van der Waals surface area contributed by atoms with E-state index in [1.54, 1.807) is 0 Å². The molecule has 2 N–H and O–H groups in total. The van der Waals surface area contributed by atoms with Crippen molar-refractivity contribution in [2.24, 2.45) is 7.05 Å². The van der Waals surface area contributed by atoms with Crippen LogP contribution in [0, 0.1) is 0 Å². The molecule has 1 aliphatic heterocycles. The van der Waals surface area contributed by atoms with Gasteiger partial charge in [0.05, 0.1) is 0 Å². The minimum absolute atomic E-state index is 0.0190. The fourth-order valence-corrected chi connectivity index (χ4v) is 2.15. The van der Waals surface area contributed by atoms with Crippen LogP contribution in [0.5, 0.6) is 0 Å². The molecular formula is C12H19N3O. The molecule has 0 aromatic carbocycles. The largest absolute Gasteiger partial charge is 0.351 e. The molecule has 1 aromatic heterocycles. The van der Waals surface area contributed by atoms with Gasteiger partial charge in [0.2, 0.25) is 0 Å². The number of aryl methyl sites for hydroxylation is 1. The Kier molecular flexibility index (Phi) is 3.62. The highest BCUT2D eigenvalue weighted by Gasteiger charge is 2.14. The third-order valence-corrected chi connectivity index (χ3v) is 3.12. The van der Waals surface area contributed by atoms with E-state index in [0.29, 0.717) is 6.04 Å². The van der Waals surface area contributed by atoms with Crippen LogP contribution in [0.4, 0.5) is 0 Å². The molecule has 1 aliphatic rings. The third kappa shape index (κ3) is 2.64. The zero-order valence-corrected chi connectivity index (χ0v) is 9.70. The minimum Gasteiger partial charge on any atom is -0.351 e. The standard InChI is InChI=1S/C12H19N3O/c1-15-9-3-5-11(15)12(16)14-8-6-10-4-2-7-13-10/h3,5,9-10,13H,2,4,6-8H2,1H3,(H,14,16)/t10-/m1/s1. The van der Waals surface area contributed by atoms with Gasteiger partial charge in [-0.3, -0.25) is 4.79 Å². The number of carbonyl (C=O) groups is 1. The molecule has 0 unspecified atom stereocenters. The number of nitrogens with zero attached hydrogens (tertiary/aromatic N) is 1. The van der Waals surface area contributed by atoms with Crippen molar-refractivity contribution < 1.29 is 4.79 Å². The molecule has 4 heteroatoms. The number of hydrogen-bond acceptors (Lipinski definition) is 2. The van der Waals surface area contributed by atoms with Crippen molar-refractivity contribution in [2.45, 2.75) is 25.3 Å². The second kappa shape index (κ2) is 5.16. The highest BCUT2D eigenvalue weighted by molar-refractivity contribution is 5.92. The zero-order chi connectivity index (χ0) is 11.4. The van der Waals surface area contributed by atoms with Crippen molar-refractivity contribution in [1.29, 1.82) is 0 Å². The maximum Gasteiger partial charge on any atom is 0.267 e. The van der Waals surface area contributed by atoms with Gasteiger partial charge in [-0.2, -0.15) is 0 Å². The fraction of sp³-hybridized carbons (Fsp3) is 0.583. The summed E-state index contributed by atoms with van der Waals surface area (Å²) in [5.41, 5.74) is 0.722. The van der Waals surface area contributed by atoms with Gasteiger partial charge in [0, 0.05) is 25.8 Å². The molecule has 4 nitrogen and oxygen atoms in total. The number of nitrogens with one attached hydrogen (secondary N) is 2. The first-order valence-corrected chi connectivity index (χ1v) is 5.90. The first-order valence-electron chi connectivity index (χ1n) is 5.90. The van der Waals surface area contributed by atoms with E-state index in [9.17, 15) is 4.79 Å². The molecule has 1 atom stereocenters. The molecule has 2 heterocycles. The Bertz CT molecular complexity index is 353. The molecule has 1 aromatic rings. The molecule has 16 heavy (non-hydrogen) atoms. The summed E-state index contributed by atoms with van der Waals surface area (Å²) in [4.78, 5) is 11.7. The Morgan fingerprint density at radius 3 is 3.19 bits per heavy atom. The van der Waals surface area contributed by atoms with Crippen LogP contribution in [-0.4, -0.2) is 29.6 Å². The third-order valence-electron chi connectivity index (χ3n) is 3.12. The van der Waals surface area contributed by atoms with E-state index in [-0.39, 0.29) is 5.91 Å². The second-order valence-corrected chi connectivity index (χ2v) is 4.34. The molecule has 0 bridgehead atoms. The minimum atomic E-state index is 0.0190. The average Bonchev–Trinajstić information content (AvgIpc) is 2.88. The summed E-state index contributed by atoms with van der Waals surface area (Å²) in [6.07, 6.45) is 5.40. The van der Waals surface area contributed by atoms with Crippen LogP contribution in [0.25, 0.3) is 0 Å². The normalized spacial score (nSPS) is 19.9. The molecule has 1 amide bonds. The molecule has 1 fully saturated rings. The average molecular weight is 221 g/mol. The summed E-state index contributed by atoms with van der Waals surface area (Å²) in [5, 5.41) is 6.37. The van der Waals surface area contributed by atoms with E-state index >= 15 is 0 Å². The van der Waals surface area contributed by atoms with Gasteiger partial charge >= 0.3 is 0 Å². The van der Waals surface area contributed by atoms with Gasteiger partial charge in [-0.15, -0.1) is 0 Å². The highest BCUT2D eigenvalue weighted by Crippen LogP contribution is 2.07. The summed E-state index contributed by atoms with van der Waals surface area (Å²) in [6, 6.07) is 4.31. The second-order valence-electron chi connectivity index (χ2n) is 4.34. The van der Waals surface area contributed by atoms with Crippen LogP contribution in [0.3, 0.4) is 0 Å². The zero-order valence-electron chi connectivity index (χ0n) is 9.70. The smallest absolute Gasteiger partial charge is 0.267 e. The van der Waals surface area contributed by atoms with Crippen LogP contribution < -0.4 is 10.6 Å². The van der Waals surface area contributed by atoms with Crippen molar-refractivity contribution in [3.8, 4) is 0 Å². The van der Waals surface area contributed by atoms with Crippen LogP contribution in [0.2, 0.25) is 0 Å². The van der Waals surface area contributed by atoms with E-state index in [0.717, 1.165) is 25.2 Å². The van der Waals surface area contributed by atoms with E-state index in [4.69, 9.17) is 0 Å². The van der Waals surface area contributed by atoms with Crippen LogP contribution in [0.1, 0.15) is 29.8 Å². The van der Waals surface area contributed by atoms with E-state index < -0.39 is 0 Å². The lowest BCUT2D eigenvalue weighted by molar-refractivity contribution is 0.0944. The van der Waals surface area contributed by atoms with E-state index in [2.05, 4.69) is 10.6 Å². The predicted molar refractivity (Wildman–Crippen MR) is 63.4 cm³/mol. The summed E-state index contributed by atoms with van der Waals surface area (Å²) < 4.78 is 1.84. The van der Waals surface area contributed by atoms with Gasteiger partial charge < -0.3 is 15.2 Å². The summed E-state index contributed by atoms with van der Waals surface area (Å²) >= 11 is 0. The maximum atomic E-state index is 11.7. The molecule has 0 saturated carbocycles. The van der Waals surface area contributed by atoms with Gasteiger partial charge in [-0.25, -0.2) is 0 Å². The van der Waals surface area contributed by atoms with Gasteiger partial charge in [0.1, 0.15) is 5.69 Å². The van der Waals surface area contributed by atoms with E-state index in [1.807, 2.05) is 29.9 Å². The monoisotopic (exact) mass is 221 g/mol. The molecule has 2 rings (SSSR count). The van der Waals surface area contributed by atoms with Crippen molar-refractivity contribution >= 4 is 5.91 Å². The Labute approximate surface area is 96.0 Å². The Balaban J connectivity index is 1.73. The van der Waals surface area contributed by atoms with Crippen LogP contribution in [-0.2, 0) is 7.05 Å². The van der Waals surface area contributed by atoms with Crippen LogP contribution >= 0.6 is 0 Å². The SMILES string of the molecule is Cn1cccc1C(=O)NCC[C@H]1CCCN1. The Hall–Kier alpha value is -1.29. The maximum absolute atomic E-state index is 11.7. The molecular weight excluding hydrogens is 202 g/mol. The topological polar surface area (TPSA) is 46.1 Å². The number of aromatic nitrogens is 1. The van der Waals surface area contributed by atoms with Crippen molar-refractivity contribution in [3.05, 3.63) is 24.0 Å². The predicted octanol–water partition coefficient (Wildman–Crippen LogP) is 0.897. The Morgan fingerprint density at radius 2 is 2.56 bits per heavy atom.